The van der Waals surface area contributed by atoms with Gasteiger partial charge in [0.2, 0.25) is 0 Å². The van der Waals surface area contributed by atoms with Gasteiger partial charge in [0.15, 0.2) is 0 Å². The van der Waals surface area contributed by atoms with Gasteiger partial charge in [-0.1, -0.05) is 0 Å². The molecule has 7 nitrogen and oxygen atoms in total. The number of aromatic amines is 1. The minimum Gasteiger partial charge on any atom is -0.354 e. The minimum atomic E-state index is 0.0301. The highest BCUT2D eigenvalue weighted by atomic mass is 16.1. The van der Waals surface area contributed by atoms with Crippen LogP contribution in [0.15, 0.2) is 41.5 Å². The van der Waals surface area contributed by atoms with Crippen molar-refractivity contribution >= 4 is 16.9 Å². The lowest BCUT2D eigenvalue weighted by molar-refractivity contribution is 0.249. The van der Waals surface area contributed by atoms with E-state index in [0.717, 1.165) is 73.5 Å². The van der Waals surface area contributed by atoms with Gasteiger partial charge in [0.1, 0.15) is 11.9 Å². The molecule has 0 aromatic carbocycles. The van der Waals surface area contributed by atoms with Gasteiger partial charge in [-0.25, -0.2) is 4.98 Å². The first-order chi connectivity index (χ1) is 14.2. The summed E-state index contributed by atoms with van der Waals surface area (Å²) in [6, 6.07) is 9.83. The van der Waals surface area contributed by atoms with E-state index in [4.69, 9.17) is 5.26 Å². The van der Waals surface area contributed by atoms with Crippen molar-refractivity contribution in [3.8, 4) is 6.07 Å². The third kappa shape index (κ3) is 3.71. The Morgan fingerprint density at radius 3 is 2.62 bits per heavy atom. The highest BCUT2D eigenvalue weighted by Crippen LogP contribution is 2.38. The van der Waals surface area contributed by atoms with Crippen molar-refractivity contribution in [1.29, 1.82) is 5.26 Å². The smallest absolute Gasteiger partial charge is 0.252 e. The summed E-state index contributed by atoms with van der Waals surface area (Å²) in [7, 11) is 0. The van der Waals surface area contributed by atoms with Crippen LogP contribution in [-0.2, 0) is 6.54 Å². The summed E-state index contributed by atoms with van der Waals surface area (Å²) >= 11 is 0. The minimum absolute atomic E-state index is 0.0301. The molecule has 2 fully saturated rings. The predicted molar refractivity (Wildman–Crippen MR) is 111 cm³/mol. The summed E-state index contributed by atoms with van der Waals surface area (Å²) in [5.41, 5.74) is 4.28. The maximum absolute atomic E-state index is 12.3. The molecular weight excluding hydrogens is 364 g/mol. The van der Waals surface area contributed by atoms with Crippen LogP contribution in [0.1, 0.15) is 35.4 Å². The molecule has 7 heteroatoms. The van der Waals surface area contributed by atoms with Crippen LogP contribution >= 0.6 is 0 Å². The van der Waals surface area contributed by atoms with Crippen LogP contribution in [0.2, 0.25) is 0 Å². The lowest BCUT2D eigenvalue weighted by atomic mass is 10.1. The Bertz CT molecular complexity index is 1130. The van der Waals surface area contributed by atoms with Crippen molar-refractivity contribution in [1.82, 2.24) is 19.9 Å². The van der Waals surface area contributed by atoms with Crippen LogP contribution in [0.25, 0.3) is 11.0 Å². The van der Waals surface area contributed by atoms with Gasteiger partial charge in [0.05, 0.1) is 16.6 Å². The fourth-order valence-corrected chi connectivity index (χ4v) is 3.96. The fourth-order valence-electron chi connectivity index (χ4n) is 3.96. The van der Waals surface area contributed by atoms with Gasteiger partial charge < -0.3 is 9.88 Å². The molecule has 3 aromatic rings. The number of piperazine rings is 1. The lowest BCUT2D eigenvalue weighted by Gasteiger charge is -2.35. The van der Waals surface area contributed by atoms with Crippen molar-refractivity contribution < 1.29 is 0 Å². The number of H-pyrrole nitrogens is 1. The molecule has 4 heterocycles. The van der Waals surface area contributed by atoms with Crippen LogP contribution in [0.4, 0.5) is 5.82 Å². The van der Waals surface area contributed by atoms with E-state index >= 15 is 0 Å². The number of hydrogen-bond acceptors (Lipinski definition) is 6. The van der Waals surface area contributed by atoms with E-state index in [1.54, 1.807) is 6.20 Å². The van der Waals surface area contributed by atoms with Gasteiger partial charge in [-0.15, -0.1) is 0 Å². The van der Waals surface area contributed by atoms with Crippen LogP contribution in [-0.4, -0.2) is 46.0 Å². The Morgan fingerprint density at radius 2 is 1.93 bits per heavy atom. The highest BCUT2D eigenvalue weighted by Gasteiger charge is 2.26. The summed E-state index contributed by atoms with van der Waals surface area (Å²) in [5, 5.41) is 8.90. The van der Waals surface area contributed by atoms with Gasteiger partial charge in [-0.3, -0.25) is 14.7 Å². The van der Waals surface area contributed by atoms with Crippen molar-refractivity contribution in [2.75, 3.05) is 31.1 Å². The van der Waals surface area contributed by atoms with Crippen molar-refractivity contribution in [3.05, 3.63) is 63.7 Å². The third-order valence-corrected chi connectivity index (χ3v) is 5.77. The molecule has 0 radical (unpaired) electrons. The van der Waals surface area contributed by atoms with Gasteiger partial charge in [-0.2, -0.15) is 5.26 Å². The quantitative estimate of drug-likeness (QED) is 0.741. The average molecular weight is 386 g/mol. The first kappa shape index (κ1) is 17.8. The van der Waals surface area contributed by atoms with Crippen molar-refractivity contribution in [2.45, 2.75) is 25.3 Å². The number of anilines is 1. The second-order valence-corrected chi connectivity index (χ2v) is 7.88. The van der Waals surface area contributed by atoms with Crippen LogP contribution in [0, 0.1) is 11.3 Å². The first-order valence-corrected chi connectivity index (χ1v) is 10.0. The molecule has 1 aliphatic heterocycles. The zero-order valence-corrected chi connectivity index (χ0v) is 16.1. The van der Waals surface area contributed by atoms with Gasteiger partial charge in [-0.05, 0) is 48.6 Å². The van der Waals surface area contributed by atoms with Crippen LogP contribution in [0.5, 0.6) is 0 Å². The number of aromatic nitrogens is 3. The van der Waals surface area contributed by atoms with E-state index in [1.807, 2.05) is 24.4 Å². The molecule has 0 atom stereocenters. The number of pyridine rings is 3. The molecule has 0 bridgehead atoms. The van der Waals surface area contributed by atoms with E-state index in [-0.39, 0.29) is 5.56 Å². The largest absolute Gasteiger partial charge is 0.354 e. The van der Waals surface area contributed by atoms with E-state index in [1.165, 1.54) is 0 Å². The molecule has 1 N–H and O–H groups in total. The van der Waals surface area contributed by atoms with E-state index < -0.39 is 0 Å². The predicted octanol–water partition coefficient (Wildman–Crippen LogP) is 2.39. The van der Waals surface area contributed by atoms with Gasteiger partial charge in [0.25, 0.3) is 5.56 Å². The van der Waals surface area contributed by atoms with Crippen molar-refractivity contribution in [2.24, 2.45) is 0 Å². The molecular formula is C22H22N6O. The molecule has 5 rings (SSSR count). The summed E-state index contributed by atoms with van der Waals surface area (Å²) in [5.74, 6) is 1.34. The Kier molecular flexibility index (Phi) is 4.49. The number of nitriles is 1. The SMILES string of the molecule is N#Cc1ccc(N2CCN(Cc3cnc4cc(C5CC5)c(=O)[nH]c4c3)CC2)nc1. The van der Waals surface area contributed by atoms with Crippen molar-refractivity contribution in [3.63, 3.8) is 0 Å². The molecule has 29 heavy (non-hydrogen) atoms. The maximum Gasteiger partial charge on any atom is 0.252 e. The third-order valence-electron chi connectivity index (χ3n) is 5.77. The van der Waals surface area contributed by atoms with Crippen LogP contribution < -0.4 is 10.5 Å². The number of nitrogens with zero attached hydrogens (tertiary/aromatic N) is 5. The zero-order chi connectivity index (χ0) is 19.8. The number of nitrogens with one attached hydrogen (secondary N) is 1. The molecule has 0 amide bonds. The Labute approximate surface area is 168 Å². The molecule has 3 aromatic heterocycles. The molecule has 0 unspecified atom stereocenters. The topological polar surface area (TPSA) is 88.9 Å². The van der Waals surface area contributed by atoms with E-state index in [2.05, 4.69) is 36.9 Å². The van der Waals surface area contributed by atoms with Crippen LogP contribution in [0.3, 0.4) is 0 Å². The Balaban J connectivity index is 1.25. The Hall–Kier alpha value is -3.24. The molecule has 146 valence electrons. The maximum atomic E-state index is 12.3. The highest BCUT2D eigenvalue weighted by molar-refractivity contribution is 5.75. The molecule has 1 saturated carbocycles. The first-order valence-electron chi connectivity index (χ1n) is 10.0. The van der Waals surface area contributed by atoms with E-state index in [9.17, 15) is 4.79 Å². The molecule has 2 aliphatic rings. The number of fused-ring (bicyclic) bond motifs is 1. The second-order valence-electron chi connectivity index (χ2n) is 7.88. The Morgan fingerprint density at radius 1 is 1.10 bits per heavy atom. The van der Waals surface area contributed by atoms with Gasteiger partial charge >= 0.3 is 0 Å². The molecule has 1 saturated heterocycles. The standard InChI is InChI=1S/C22H22N6O/c23-11-15-1-4-21(25-12-15)28-7-5-27(6-8-28)14-16-9-20-19(24-13-16)10-18(17-2-3-17)22(29)26-20/h1,4,9-10,12-13,17H,2-3,5-8,14H2,(H,26,29). The normalized spacial score (nSPS) is 17.4. The monoisotopic (exact) mass is 386 g/mol. The van der Waals surface area contributed by atoms with E-state index in [0.29, 0.717) is 11.5 Å². The summed E-state index contributed by atoms with van der Waals surface area (Å²) in [4.78, 5) is 28.9. The number of hydrogen-bond donors (Lipinski definition) is 1. The lowest BCUT2D eigenvalue weighted by Crippen LogP contribution is -2.46. The summed E-state index contributed by atoms with van der Waals surface area (Å²) in [6.07, 6.45) is 5.76. The summed E-state index contributed by atoms with van der Waals surface area (Å²) < 4.78 is 0. The zero-order valence-electron chi connectivity index (χ0n) is 16.1. The molecule has 1 aliphatic carbocycles. The average Bonchev–Trinajstić information content (AvgIpc) is 3.59. The summed E-state index contributed by atoms with van der Waals surface area (Å²) in [6.45, 7) is 4.45. The fraction of sp³-hybridized carbons (Fsp3) is 0.364. The molecule has 0 spiro atoms. The number of rotatable bonds is 4. The van der Waals surface area contributed by atoms with Gasteiger partial charge in [0, 0.05) is 50.7 Å². The second kappa shape index (κ2) is 7.30.